The monoisotopic (exact) mass is 366 g/mol. The van der Waals surface area contributed by atoms with Crippen molar-refractivity contribution in [3.05, 3.63) is 89.7 Å². The predicted octanol–water partition coefficient (Wildman–Crippen LogP) is 3.35. The molecule has 0 aliphatic carbocycles. The fourth-order valence-corrected chi connectivity index (χ4v) is 4.42. The molecule has 132 valence electrons. The highest BCUT2D eigenvalue weighted by atomic mass is 32.2. The first-order valence-corrected chi connectivity index (χ1v) is 9.76. The molecule has 1 aromatic carbocycles. The third-order valence-corrected chi connectivity index (χ3v) is 6.33. The van der Waals surface area contributed by atoms with Crippen molar-refractivity contribution in [3.63, 3.8) is 0 Å². The molecule has 0 unspecified atom stereocenters. The van der Waals surface area contributed by atoms with Crippen molar-refractivity contribution < 1.29 is 13.2 Å². The lowest BCUT2D eigenvalue weighted by atomic mass is 10.1. The van der Waals surface area contributed by atoms with E-state index in [0.717, 1.165) is 16.9 Å². The summed E-state index contributed by atoms with van der Waals surface area (Å²) in [6.07, 6.45) is 11.0. The summed E-state index contributed by atoms with van der Waals surface area (Å²) in [6, 6.07) is 8.67. The van der Waals surface area contributed by atoms with Gasteiger partial charge in [-0.05, 0) is 48.4 Å². The van der Waals surface area contributed by atoms with Crippen LogP contribution in [0.5, 0.6) is 0 Å². The van der Waals surface area contributed by atoms with Crippen LogP contribution in [-0.2, 0) is 21.1 Å². The van der Waals surface area contributed by atoms with Gasteiger partial charge in [0.1, 0.15) is 12.4 Å². The highest BCUT2D eigenvalue weighted by Gasteiger charge is 2.20. The quantitative estimate of drug-likeness (QED) is 0.830. The molecule has 6 heteroatoms. The summed E-state index contributed by atoms with van der Waals surface area (Å²) in [5, 5.41) is 0. The van der Waals surface area contributed by atoms with Gasteiger partial charge in [0, 0.05) is 36.9 Å². The van der Waals surface area contributed by atoms with Gasteiger partial charge in [-0.15, -0.1) is 0 Å². The molecule has 1 aromatic heterocycles. The fourth-order valence-electron chi connectivity index (χ4n) is 2.98. The van der Waals surface area contributed by atoms with E-state index >= 15 is 0 Å². The average molecular weight is 366 g/mol. The van der Waals surface area contributed by atoms with E-state index in [2.05, 4.69) is 4.98 Å². The summed E-state index contributed by atoms with van der Waals surface area (Å²) in [7, 11) is -3.56. The standard InChI is InChI=1S/C20H18N2O3S/c1-15-6-9-21-12-20(15)26(23,24)18-4-2-16(3-5-18)13-22-10-7-17-8-11-25-19(17)14-22/h2-10,12,14H,11,13H2,1H3. The second kappa shape index (κ2) is 6.46. The van der Waals surface area contributed by atoms with E-state index in [1.807, 2.05) is 41.6 Å². The SMILES string of the molecule is Cc1ccncc1S(=O)(=O)c1ccc(CN2C=CC3=CCOC3=C2)cc1. The second-order valence-electron chi connectivity index (χ2n) is 6.24. The number of pyridine rings is 1. The van der Waals surface area contributed by atoms with Gasteiger partial charge in [0.05, 0.1) is 9.79 Å². The third kappa shape index (κ3) is 3.04. The Bertz CT molecular complexity index is 1030. The van der Waals surface area contributed by atoms with E-state index in [4.69, 9.17) is 4.74 Å². The topological polar surface area (TPSA) is 59.5 Å². The number of hydrogen-bond acceptors (Lipinski definition) is 5. The zero-order valence-corrected chi connectivity index (χ0v) is 15.1. The maximum absolute atomic E-state index is 12.8. The molecule has 0 N–H and O–H groups in total. The number of ether oxygens (including phenoxy) is 1. The molecule has 4 rings (SSSR count). The number of allylic oxidation sites excluding steroid dienone is 1. The molecule has 0 saturated heterocycles. The van der Waals surface area contributed by atoms with E-state index < -0.39 is 9.84 Å². The van der Waals surface area contributed by atoms with E-state index in [0.29, 0.717) is 18.7 Å². The van der Waals surface area contributed by atoms with Crippen LogP contribution in [0.25, 0.3) is 0 Å². The summed E-state index contributed by atoms with van der Waals surface area (Å²) in [5.41, 5.74) is 2.81. The Labute approximate surface area is 152 Å². The Morgan fingerprint density at radius 1 is 1.19 bits per heavy atom. The number of hydrogen-bond donors (Lipinski definition) is 0. The van der Waals surface area contributed by atoms with Gasteiger partial charge in [0.2, 0.25) is 9.84 Å². The first kappa shape index (κ1) is 16.6. The van der Waals surface area contributed by atoms with Crippen LogP contribution in [-0.4, -0.2) is 24.9 Å². The number of nitrogens with zero attached hydrogens (tertiary/aromatic N) is 2. The summed E-state index contributed by atoms with van der Waals surface area (Å²) in [4.78, 5) is 6.48. The fraction of sp³-hybridized carbons (Fsp3) is 0.150. The average Bonchev–Trinajstić information content (AvgIpc) is 3.10. The minimum absolute atomic E-state index is 0.245. The summed E-state index contributed by atoms with van der Waals surface area (Å²) < 4.78 is 31.1. The molecule has 0 bridgehead atoms. The molecule has 2 aliphatic rings. The minimum atomic E-state index is -3.56. The molecule has 26 heavy (non-hydrogen) atoms. The molecule has 2 aliphatic heterocycles. The summed E-state index contributed by atoms with van der Waals surface area (Å²) >= 11 is 0. The number of aromatic nitrogens is 1. The van der Waals surface area contributed by atoms with Crippen molar-refractivity contribution in [3.8, 4) is 0 Å². The molecule has 0 saturated carbocycles. The zero-order chi connectivity index (χ0) is 18.1. The molecule has 0 amide bonds. The van der Waals surface area contributed by atoms with E-state index in [-0.39, 0.29) is 9.79 Å². The maximum Gasteiger partial charge on any atom is 0.208 e. The van der Waals surface area contributed by atoms with Crippen molar-refractivity contribution in [2.24, 2.45) is 0 Å². The largest absolute Gasteiger partial charge is 0.487 e. The Balaban J connectivity index is 1.54. The zero-order valence-electron chi connectivity index (χ0n) is 14.3. The third-order valence-electron chi connectivity index (χ3n) is 4.43. The summed E-state index contributed by atoms with van der Waals surface area (Å²) in [5.74, 6) is 0.874. The molecule has 2 aromatic rings. The van der Waals surface area contributed by atoms with E-state index in [1.165, 1.54) is 6.20 Å². The molecular formula is C20H18N2O3S. The van der Waals surface area contributed by atoms with Crippen molar-refractivity contribution >= 4 is 9.84 Å². The van der Waals surface area contributed by atoms with Gasteiger partial charge in [-0.1, -0.05) is 12.1 Å². The van der Waals surface area contributed by atoms with Gasteiger partial charge in [-0.3, -0.25) is 4.98 Å². The van der Waals surface area contributed by atoms with E-state index in [9.17, 15) is 8.42 Å². The molecule has 5 nitrogen and oxygen atoms in total. The van der Waals surface area contributed by atoms with Crippen LogP contribution in [0.15, 0.2) is 88.4 Å². The number of benzene rings is 1. The lowest BCUT2D eigenvalue weighted by Gasteiger charge is -2.20. The highest BCUT2D eigenvalue weighted by Crippen LogP contribution is 2.26. The molecular weight excluding hydrogens is 348 g/mol. The van der Waals surface area contributed by atoms with Crippen LogP contribution < -0.4 is 0 Å². The predicted molar refractivity (Wildman–Crippen MR) is 97.7 cm³/mol. The number of rotatable bonds is 4. The molecule has 0 radical (unpaired) electrons. The molecule has 0 spiro atoms. The van der Waals surface area contributed by atoms with Gasteiger partial charge in [0.25, 0.3) is 0 Å². The van der Waals surface area contributed by atoms with Crippen molar-refractivity contribution in [1.82, 2.24) is 9.88 Å². The second-order valence-corrected chi connectivity index (χ2v) is 8.16. The van der Waals surface area contributed by atoms with Crippen LogP contribution >= 0.6 is 0 Å². The first-order chi connectivity index (χ1) is 12.5. The van der Waals surface area contributed by atoms with Gasteiger partial charge in [-0.2, -0.15) is 0 Å². The molecule has 3 heterocycles. The first-order valence-electron chi connectivity index (χ1n) is 8.28. The maximum atomic E-state index is 12.8. The number of sulfone groups is 1. The normalized spacial score (nSPS) is 16.0. The molecule has 0 fully saturated rings. The van der Waals surface area contributed by atoms with Crippen LogP contribution in [0, 0.1) is 6.92 Å². The Morgan fingerprint density at radius 2 is 2.00 bits per heavy atom. The Morgan fingerprint density at radius 3 is 2.77 bits per heavy atom. The summed E-state index contributed by atoms with van der Waals surface area (Å²) in [6.45, 7) is 3.02. The van der Waals surface area contributed by atoms with Gasteiger partial charge >= 0.3 is 0 Å². The number of fused-ring (bicyclic) bond motifs is 1. The van der Waals surface area contributed by atoms with E-state index in [1.54, 1.807) is 31.3 Å². The van der Waals surface area contributed by atoms with Gasteiger partial charge in [-0.25, -0.2) is 8.42 Å². The highest BCUT2D eigenvalue weighted by molar-refractivity contribution is 7.91. The van der Waals surface area contributed by atoms with Crippen LogP contribution in [0.1, 0.15) is 11.1 Å². The lowest BCUT2D eigenvalue weighted by Crippen LogP contribution is -2.13. The van der Waals surface area contributed by atoms with Crippen LogP contribution in [0.4, 0.5) is 0 Å². The van der Waals surface area contributed by atoms with Crippen LogP contribution in [0.3, 0.4) is 0 Å². The van der Waals surface area contributed by atoms with Gasteiger partial charge in [0.15, 0.2) is 0 Å². The smallest absolute Gasteiger partial charge is 0.208 e. The minimum Gasteiger partial charge on any atom is -0.487 e. The van der Waals surface area contributed by atoms with Gasteiger partial charge < -0.3 is 9.64 Å². The van der Waals surface area contributed by atoms with Crippen molar-refractivity contribution in [2.45, 2.75) is 23.3 Å². The van der Waals surface area contributed by atoms with Crippen LogP contribution in [0.2, 0.25) is 0 Å². The van der Waals surface area contributed by atoms with Crippen molar-refractivity contribution in [2.75, 3.05) is 6.61 Å². The Hall–Kier alpha value is -2.86. The van der Waals surface area contributed by atoms with Crippen molar-refractivity contribution in [1.29, 1.82) is 0 Å². The number of aryl methyl sites for hydroxylation is 1. The Kier molecular flexibility index (Phi) is 4.12. The lowest BCUT2D eigenvalue weighted by molar-refractivity contribution is 0.265. The molecule has 0 atom stereocenters.